The number of carbonyl (C=O) groups excluding carboxylic acids is 1. The highest BCUT2D eigenvalue weighted by molar-refractivity contribution is 5.76. The lowest BCUT2D eigenvalue weighted by Gasteiger charge is -2.18. The molecule has 20 heavy (non-hydrogen) atoms. The van der Waals surface area contributed by atoms with E-state index in [4.69, 9.17) is 0 Å². The Hall–Kier alpha value is -1.43. The number of nitrogens with zero attached hydrogens (tertiary/aromatic N) is 4. The number of aromatic nitrogens is 3. The molecule has 0 aromatic carbocycles. The number of rotatable bonds is 9. The summed E-state index contributed by atoms with van der Waals surface area (Å²) in [6.45, 7) is 12.1. The van der Waals surface area contributed by atoms with Crippen molar-refractivity contribution in [3.05, 3.63) is 12.2 Å². The van der Waals surface area contributed by atoms with Gasteiger partial charge in [-0.1, -0.05) is 13.8 Å². The molecule has 0 aliphatic carbocycles. The van der Waals surface area contributed by atoms with Gasteiger partial charge in [0.15, 0.2) is 0 Å². The Labute approximate surface area is 121 Å². The van der Waals surface area contributed by atoms with Gasteiger partial charge in [0, 0.05) is 32.6 Å². The van der Waals surface area contributed by atoms with Gasteiger partial charge in [0.2, 0.25) is 5.91 Å². The molecule has 0 atom stereocenters. The quantitative estimate of drug-likeness (QED) is 0.693. The molecule has 1 rings (SSSR count). The van der Waals surface area contributed by atoms with Crippen LogP contribution >= 0.6 is 0 Å². The summed E-state index contributed by atoms with van der Waals surface area (Å²) in [6, 6.07) is 0. The molecule has 6 nitrogen and oxygen atoms in total. The first-order chi connectivity index (χ1) is 9.58. The van der Waals surface area contributed by atoms with Gasteiger partial charge in [-0.15, -0.1) is 0 Å². The van der Waals surface area contributed by atoms with Crippen LogP contribution in [0.1, 0.15) is 39.9 Å². The molecule has 1 heterocycles. The normalized spacial score (nSPS) is 11.1. The maximum atomic E-state index is 11.8. The molecule has 0 fully saturated rings. The maximum Gasteiger partial charge on any atom is 0.223 e. The highest BCUT2D eigenvalue weighted by atomic mass is 16.2. The molecule has 1 aromatic rings. The molecular weight excluding hydrogens is 254 g/mol. The lowest BCUT2D eigenvalue weighted by molar-refractivity contribution is -0.130. The van der Waals surface area contributed by atoms with Crippen LogP contribution in [-0.2, 0) is 17.9 Å². The van der Waals surface area contributed by atoms with Crippen LogP contribution in [0.15, 0.2) is 6.33 Å². The summed E-state index contributed by atoms with van der Waals surface area (Å²) >= 11 is 0. The van der Waals surface area contributed by atoms with Crippen molar-refractivity contribution in [2.24, 2.45) is 5.92 Å². The number of carbonyl (C=O) groups is 1. The SMILES string of the molecule is CCN(CC)C(=O)CCNCc1ncnn1CC(C)C. The summed E-state index contributed by atoms with van der Waals surface area (Å²) < 4.78 is 1.92. The summed E-state index contributed by atoms with van der Waals surface area (Å²) in [5.74, 6) is 1.67. The van der Waals surface area contributed by atoms with E-state index in [0.717, 1.165) is 25.5 Å². The average Bonchev–Trinajstić information content (AvgIpc) is 2.82. The fourth-order valence-electron chi connectivity index (χ4n) is 2.05. The van der Waals surface area contributed by atoms with Crippen LogP contribution < -0.4 is 5.32 Å². The summed E-state index contributed by atoms with van der Waals surface area (Å²) in [5.41, 5.74) is 0. The van der Waals surface area contributed by atoms with Crippen LogP contribution in [0.2, 0.25) is 0 Å². The molecule has 6 heteroatoms. The number of amides is 1. The minimum absolute atomic E-state index is 0.200. The highest BCUT2D eigenvalue weighted by Crippen LogP contribution is 2.01. The molecule has 0 saturated heterocycles. The minimum atomic E-state index is 0.200. The smallest absolute Gasteiger partial charge is 0.223 e. The third-order valence-corrected chi connectivity index (χ3v) is 3.15. The lowest BCUT2D eigenvalue weighted by atomic mass is 10.2. The van der Waals surface area contributed by atoms with Gasteiger partial charge in [-0.25, -0.2) is 9.67 Å². The monoisotopic (exact) mass is 281 g/mol. The predicted molar refractivity (Wildman–Crippen MR) is 79.1 cm³/mol. The van der Waals surface area contributed by atoms with E-state index in [1.807, 2.05) is 23.4 Å². The third-order valence-electron chi connectivity index (χ3n) is 3.15. The van der Waals surface area contributed by atoms with E-state index >= 15 is 0 Å². The van der Waals surface area contributed by atoms with Crippen LogP contribution in [0, 0.1) is 5.92 Å². The predicted octanol–water partition coefficient (Wildman–Crippen LogP) is 1.28. The van der Waals surface area contributed by atoms with Gasteiger partial charge < -0.3 is 10.2 Å². The Morgan fingerprint density at radius 2 is 2.10 bits per heavy atom. The summed E-state index contributed by atoms with van der Waals surface area (Å²) in [7, 11) is 0. The van der Waals surface area contributed by atoms with Crippen molar-refractivity contribution in [1.82, 2.24) is 25.0 Å². The van der Waals surface area contributed by atoms with E-state index in [1.54, 1.807) is 6.33 Å². The van der Waals surface area contributed by atoms with E-state index in [2.05, 4.69) is 29.2 Å². The van der Waals surface area contributed by atoms with Gasteiger partial charge >= 0.3 is 0 Å². The maximum absolute atomic E-state index is 11.8. The zero-order chi connectivity index (χ0) is 15.0. The topological polar surface area (TPSA) is 63.1 Å². The second kappa shape index (κ2) is 8.68. The van der Waals surface area contributed by atoms with Gasteiger partial charge in [0.05, 0.1) is 6.54 Å². The molecule has 0 aliphatic heterocycles. The van der Waals surface area contributed by atoms with Crippen molar-refractivity contribution in [2.45, 2.75) is 47.2 Å². The van der Waals surface area contributed by atoms with Gasteiger partial charge in [0.1, 0.15) is 12.2 Å². The molecule has 0 bridgehead atoms. The Bertz CT molecular complexity index is 398. The molecule has 0 aliphatic rings. The molecule has 1 aromatic heterocycles. The molecule has 0 saturated carbocycles. The summed E-state index contributed by atoms with van der Waals surface area (Å²) in [6.07, 6.45) is 2.11. The first-order valence-electron chi connectivity index (χ1n) is 7.43. The molecule has 114 valence electrons. The second-order valence-electron chi connectivity index (χ2n) is 5.25. The van der Waals surface area contributed by atoms with Crippen molar-refractivity contribution in [3.8, 4) is 0 Å². The Balaban J connectivity index is 2.31. The zero-order valence-electron chi connectivity index (χ0n) is 13.1. The molecule has 0 unspecified atom stereocenters. The second-order valence-corrected chi connectivity index (χ2v) is 5.25. The first kappa shape index (κ1) is 16.6. The minimum Gasteiger partial charge on any atom is -0.343 e. The summed E-state index contributed by atoms with van der Waals surface area (Å²) in [4.78, 5) is 17.9. The largest absolute Gasteiger partial charge is 0.343 e. The highest BCUT2D eigenvalue weighted by Gasteiger charge is 2.09. The fourth-order valence-corrected chi connectivity index (χ4v) is 2.05. The molecule has 1 amide bonds. The van der Waals surface area contributed by atoms with Gasteiger partial charge in [0.25, 0.3) is 0 Å². The molecule has 1 N–H and O–H groups in total. The van der Waals surface area contributed by atoms with Crippen LogP contribution in [0.5, 0.6) is 0 Å². The van der Waals surface area contributed by atoms with Crippen molar-refractivity contribution in [2.75, 3.05) is 19.6 Å². The van der Waals surface area contributed by atoms with Crippen LogP contribution in [-0.4, -0.2) is 45.2 Å². The van der Waals surface area contributed by atoms with Crippen molar-refractivity contribution >= 4 is 5.91 Å². The van der Waals surface area contributed by atoms with E-state index in [1.165, 1.54) is 0 Å². The number of nitrogens with one attached hydrogen (secondary N) is 1. The average molecular weight is 281 g/mol. The Morgan fingerprint density at radius 3 is 2.70 bits per heavy atom. The van der Waals surface area contributed by atoms with E-state index < -0.39 is 0 Å². The lowest BCUT2D eigenvalue weighted by Crippen LogP contribution is -2.33. The first-order valence-corrected chi connectivity index (χ1v) is 7.43. The number of hydrogen-bond acceptors (Lipinski definition) is 4. The van der Waals surface area contributed by atoms with Gasteiger partial charge in [-0.05, 0) is 19.8 Å². The number of hydrogen-bond donors (Lipinski definition) is 1. The van der Waals surface area contributed by atoms with Crippen molar-refractivity contribution < 1.29 is 4.79 Å². The standard InChI is InChI=1S/C14H27N5O/c1-5-18(6-2)14(20)7-8-15-9-13-16-11-17-19(13)10-12(3)4/h11-12,15H,5-10H2,1-4H3. The van der Waals surface area contributed by atoms with Gasteiger partial charge in [-0.2, -0.15) is 5.10 Å². The Morgan fingerprint density at radius 1 is 1.40 bits per heavy atom. The van der Waals surface area contributed by atoms with Crippen molar-refractivity contribution in [1.29, 1.82) is 0 Å². The van der Waals surface area contributed by atoms with E-state index in [9.17, 15) is 4.79 Å². The van der Waals surface area contributed by atoms with Crippen LogP contribution in [0.4, 0.5) is 0 Å². The molecule has 0 spiro atoms. The van der Waals surface area contributed by atoms with E-state index in [-0.39, 0.29) is 5.91 Å². The van der Waals surface area contributed by atoms with Crippen LogP contribution in [0.25, 0.3) is 0 Å². The fraction of sp³-hybridized carbons (Fsp3) is 0.786. The van der Waals surface area contributed by atoms with Crippen molar-refractivity contribution in [3.63, 3.8) is 0 Å². The zero-order valence-corrected chi connectivity index (χ0v) is 13.1. The van der Waals surface area contributed by atoms with Crippen LogP contribution in [0.3, 0.4) is 0 Å². The molecule has 0 radical (unpaired) electrons. The summed E-state index contributed by atoms with van der Waals surface area (Å²) in [5, 5.41) is 7.48. The third kappa shape index (κ3) is 5.28. The Kier molecular flexibility index (Phi) is 7.22. The van der Waals surface area contributed by atoms with Gasteiger partial charge in [-0.3, -0.25) is 4.79 Å². The van der Waals surface area contributed by atoms with E-state index in [0.29, 0.717) is 25.4 Å². The molecular formula is C14H27N5O.